The van der Waals surface area contributed by atoms with Crippen LogP contribution in [-0.4, -0.2) is 20.6 Å². The van der Waals surface area contributed by atoms with Crippen molar-refractivity contribution < 1.29 is 9.90 Å². The van der Waals surface area contributed by atoms with E-state index in [-0.39, 0.29) is 5.69 Å². The zero-order chi connectivity index (χ0) is 15.7. The highest BCUT2D eigenvalue weighted by Crippen LogP contribution is 2.29. The average molecular weight is 313 g/mol. The van der Waals surface area contributed by atoms with Gasteiger partial charge in [-0.1, -0.05) is 41.4 Å². The van der Waals surface area contributed by atoms with Gasteiger partial charge in [0.05, 0.1) is 5.02 Å². The molecule has 0 unspecified atom stereocenters. The SMILES string of the molecule is Cc1ccc(-n2cc(C(=O)O)nc2-c2ccccc2Cl)cc1. The molecule has 0 saturated heterocycles. The normalized spacial score (nSPS) is 10.6. The Balaban J connectivity index is 2.23. The van der Waals surface area contributed by atoms with Crippen molar-refractivity contribution in [1.82, 2.24) is 9.55 Å². The molecule has 4 nitrogen and oxygen atoms in total. The number of aromatic carboxylic acids is 1. The number of nitrogens with zero attached hydrogens (tertiary/aromatic N) is 2. The van der Waals surface area contributed by atoms with Gasteiger partial charge >= 0.3 is 5.97 Å². The fraction of sp³-hybridized carbons (Fsp3) is 0.0588. The number of aryl methyl sites for hydroxylation is 1. The molecule has 0 aliphatic rings. The molecule has 0 radical (unpaired) electrons. The number of hydrogen-bond donors (Lipinski definition) is 1. The van der Waals surface area contributed by atoms with Crippen molar-refractivity contribution in [2.75, 3.05) is 0 Å². The smallest absolute Gasteiger partial charge is 0.356 e. The van der Waals surface area contributed by atoms with Gasteiger partial charge in [-0.25, -0.2) is 9.78 Å². The van der Waals surface area contributed by atoms with Gasteiger partial charge in [0.25, 0.3) is 0 Å². The first-order chi connectivity index (χ1) is 10.6. The van der Waals surface area contributed by atoms with Gasteiger partial charge in [0.1, 0.15) is 5.82 Å². The standard InChI is InChI=1S/C17H13ClN2O2/c1-11-6-8-12(9-7-11)20-10-15(17(21)22)19-16(20)13-4-2-3-5-14(13)18/h2-10H,1H3,(H,21,22). The number of aromatic nitrogens is 2. The molecule has 0 aliphatic heterocycles. The summed E-state index contributed by atoms with van der Waals surface area (Å²) in [6.45, 7) is 2.00. The Bertz CT molecular complexity index is 838. The van der Waals surface area contributed by atoms with Crippen LogP contribution in [0, 0.1) is 6.92 Å². The van der Waals surface area contributed by atoms with E-state index in [1.54, 1.807) is 10.6 Å². The summed E-state index contributed by atoms with van der Waals surface area (Å²) in [5, 5.41) is 9.75. The van der Waals surface area contributed by atoms with Gasteiger partial charge in [-0.2, -0.15) is 0 Å². The van der Waals surface area contributed by atoms with Crippen LogP contribution in [0.5, 0.6) is 0 Å². The van der Waals surface area contributed by atoms with Gasteiger partial charge < -0.3 is 5.11 Å². The highest BCUT2D eigenvalue weighted by Gasteiger charge is 2.17. The van der Waals surface area contributed by atoms with Crippen molar-refractivity contribution in [1.29, 1.82) is 0 Å². The summed E-state index contributed by atoms with van der Waals surface area (Å²) in [5.41, 5.74) is 2.63. The van der Waals surface area contributed by atoms with Gasteiger partial charge in [-0.15, -0.1) is 0 Å². The Hall–Kier alpha value is -2.59. The molecule has 22 heavy (non-hydrogen) atoms. The number of carboxylic acids is 1. The van der Waals surface area contributed by atoms with Crippen LogP contribution < -0.4 is 0 Å². The van der Waals surface area contributed by atoms with E-state index in [1.165, 1.54) is 6.20 Å². The molecule has 1 N–H and O–H groups in total. The molecule has 5 heteroatoms. The van der Waals surface area contributed by atoms with Crippen LogP contribution in [-0.2, 0) is 0 Å². The number of rotatable bonds is 3. The van der Waals surface area contributed by atoms with Crippen molar-refractivity contribution in [3.05, 3.63) is 71.0 Å². The molecule has 0 fully saturated rings. The zero-order valence-corrected chi connectivity index (χ0v) is 12.6. The maximum absolute atomic E-state index is 11.3. The van der Waals surface area contributed by atoms with Crippen molar-refractivity contribution in [2.24, 2.45) is 0 Å². The molecule has 1 heterocycles. The van der Waals surface area contributed by atoms with E-state index >= 15 is 0 Å². The molecule has 0 aliphatic carbocycles. The van der Waals surface area contributed by atoms with Crippen molar-refractivity contribution in [3.63, 3.8) is 0 Å². The molecule has 0 spiro atoms. The molecule has 0 bridgehead atoms. The first kappa shape index (κ1) is 14.4. The molecule has 110 valence electrons. The van der Waals surface area contributed by atoms with Crippen LogP contribution in [0.3, 0.4) is 0 Å². The van der Waals surface area contributed by atoms with Crippen molar-refractivity contribution >= 4 is 17.6 Å². The molecule has 1 aromatic heterocycles. The van der Waals surface area contributed by atoms with E-state index in [4.69, 9.17) is 11.6 Å². The Morgan fingerprint density at radius 2 is 1.82 bits per heavy atom. The molecular formula is C17H13ClN2O2. The summed E-state index contributed by atoms with van der Waals surface area (Å²) in [4.78, 5) is 15.5. The maximum Gasteiger partial charge on any atom is 0.356 e. The predicted molar refractivity (Wildman–Crippen MR) is 85.7 cm³/mol. The summed E-state index contributed by atoms with van der Waals surface area (Å²) < 4.78 is 1.74. The summed E-state index contributed by atoms with van der Waals surface area (Å²) in [5.74, 6) is -0.564. The van der Waals surface area contributed by atoms with E-state index < -0.39 is 5.97 Å². The number of hydrogen-bond acceptors (Lipinski definition) is 2. The quantitative estimate of drug-likeness (QED) is 0.788. The topological polar surface area (TPSA) is 55.1 Å². The summed E-state index contributed by atoms with van der Waals surface area (Å²) in [6.07, 6.45) is 1.51. The third-order valence-electron chi connectivity index (χ3n) is 3.35. The number of halogens is 1. The van der Waals surface area contributed by atoms with Crippen LogP contribution in [0.25, 0.3) is 17.1 Å². The zero-order valence-electron chi connectivity index (χ0n) is 11.8. The van der Waals surface area contributed by atoms with Gasteiger partial charge in [0, 0.05) is 17.4 Å². The number of benzene rings is 2. The second-order valence-corrected chi connectivity index (χ2v) is 5.35. The first-order valence-corrected chi connectivity index (χ1v) is 7.08. The number of imidazole rings is 1. The second kappa shape index (κ2) is 5.66. The van der Waals surface area contributed by atoms with Crippen LogP contribution >= 0.6 is 11.6 Å². The van der Waals surface area contributed by atoms with Crippen molar-refractivity contribution in [3.8, 4) is 17.1 Å². The van der Waals surface area contributed by atoms with E-state index in [0.29, 0.717) is 16.4 Å². The molecule has 0 atom stereocenters. The molecule has 0 saturated carbocycles. The molecule has 3 aromatic rings. The minimum atomic E-state index is -1.07. The van der Waals surface area contributed by atoms with Gasteiger partial charge in [-0.3, -0.25) is 4.57 Å². The third kappa shape index (κ3) is 2.61. The van der Waals surface area contributed by atoms with Crippen molar-refractivity contribution in [2.45, 2.75) is 6.92 Å². The number of carboxylic acid groups (broad SMARTS) is 1. The van der Waals surface area contributed by atoms with Crippen LogP contribution in [0.4, 0.5) is 0 Å². The highest BCUT2D eigenvalue weighted by molar-refractivity contribution is 6.33. The monoisotopic (exact) mass is 312 g/mol. The van der Waals surface area contributed by atoms with E-state index in [0.717, 1.165) is 11.3 Å². The third-order valence-corrected chi connectivity index (χ3v) is 3.68. The van der Waals surface area contributed by atoms with Crippen LogP contribution in [0.1, 0.15) is 16.1 Å². The fourth-order valence-corrected chi connectivity index (χ4v) is 2.44. The molecular weight excluding hydrogens is 300 g/mol. The Kier molecular flexibility index (Phi) is 3.69. The van der Waals surface area contributed by atoms with Gasteiger partial charge in [0.2, 0.25) is 0 Å². The van der Waals surface area contributed by atoms with Gasteiger partial charge in [-0.05, 0) is 31.2 Å². The van der Waals surface area contributed by atoms with E-state index in [9.17, 15) is 9.90 Å². The Morgan fingerprint density at radius 3 is 2.45 bits per heavy atom. The van der Waals surface area contributed by atoms with E-state index in [1.807, 2.05) is 49.4 Å². The maximum atomic E-state index is 11.3. The Morgan fingerprint density at radius 1 is 1.14 bits per heavy atom. The lowest BCUT2D eigenvalue weighted by atomic mass is 10.2. The predicted octanol–water partition coefficient (Wildman–Crippen LogP) is 4.20. The molecule has 0 amide bonds. The summed E-state index contributed by atoms with van der Waals surface area (Å²) >= 11 is 6.23. The largest absolute Gasteiger partial charge is 0.476 e. The van der Waals surface area contributed by atoms with E-state index in [2.05, 4.69) is 4.98 Å². The lowest BCUT2D eigenvalue weighted by Gasteiger charge is -2.09. The first-order valence-electron chi connectivity index (χ1n) is 6.71. The molecule has 2 aromatic carbocycles. The highest BCUT2D eigenvalue weighted by atomic mass is 35.5. The van der Waals surface area contributed by atoms with Crippen LogP contribution in [0.15, 0.2) is 54.7 Å². The summed E-state index contributed by atoms with van der Waals surface area (Å²) in [7, 11) is 0. The number of carbonyl (C=O) groups is 1. The van der Waals surface area contributed by atoms with Crippen LogP contribution in [0.2, 0.25) is 5.02 Å². The molecule has 3 rings (SSSR count). The minimum absolute atomic E-state index is 0.0181. The fourth-order valence-electron chi connectivity index (χ4n) is 2.22. The lowest BCUT2D eigenvalue weighted by molar-refractivity contribution is 0.0691. The second-order valence-electron chi connectivity index (χ2n) is 4.94. The average Bonchev–Trinajstić information content (AvgIpc) is 2.94. The Labute approximate surface area is 132 Å². The minimum Gasteiger partial charge on any atom is -0.476 e. The summed E-state index contributed by atoms with van der Waals surface area (Å²) in [6, 6.07) is 15.0. The van der Waals surface area contributed by atoms with Gasteiger partial charge in [0.15, 0.2) is 5.69 Å². The lowest BCUT2D eigenvalue weighted by Crippen LogP contribution is -1.96.